The van der Waals surface area contributed by atoms with Gasteiger partial charge in [0, 0.05) is 18.5 Å². The molecule has 0 spiro atoms. The molecule has 132 valence electrons. The maximum absolute atomic E-state index is 12.1. The second-order valence-corrected chi connectivity index (χ2v) is 6.16. The lowest BCUT2D eigenvalue weighted by molar-refractivity contribution is -0.139. The number of aryl methyl sites for hydroxylation is 1. The molecule has 2 N–H and O–H groups in total. The first kappa shape index (κ1) is 18.3. The van der Waals surface area contributed by atoms with E-state index in [0.29, 0.717) is 19.4 Å². The van der Waals surface area contributed by atoms with Crippen molar-refractivity contribution in [1.82, 2.24) is 10.2 Å². The summed E-state index contributed by atoms with van der Waals surface area (Å²) in [5, 5.41) is 11.9. The van der Waals surface area contributed by atoms with Gasteiger partial charge in [0.2, 0.25) is 5.91 Å². The highest BCUT2D eigenvalue weighted by Crippen LogP contribution is 2.26. The second-order valence-electron chi connectivity index (χ2n) is 6.16. The number of carbonyl (C=O) groups excluding carboxylic acids is 1. The van der Waals surface area contributed by atoms with Gasteiger partial charge in [-0.3, -0.25) is 14.5 Å². The molecule has 0 atom stereocenters. The van der Waals surface area contributed by atoms with Crippen molar-refractivity contribution < 1.29 is 19.4 Å². The van der Waals surface area contributed by atoms with Crippen LogP contribution in [-0.4, -0.2) is 54.2 Å². The van der Waals surface area contributed by atoms with Gasteiger partial charge in [0.15, 0.2) is 0 Å². The number of ether oxygens (including phenoxy) is 1. The first-order valence-electron chi connectivity index (χ1n) is 8.40. The number of hydrogen-bond acceptors (Lipinski definition) is 4. The third-order valence-corrected chi connectivity index (χ3v) is 4.55. The van der Waals surface area contributed by atoms with Crippen molar-refractivity contribution in [2.45, 2.75) is 44.7 Å². The lowest BCUT2D eigenvalue weighted by Gasteiger charge is -2.42. The summed E-state index contributed by atoms with van der Waals surface area (Å²) in [6, 6.07) is 8.12. The van der Waals surface area contributed by atoms with Crippen molar-refractivity contribution in [3.05, 3.63) is 29.8 Å². The molecule has 0 unspecified atom stereocenters. The van der Waals surface area contributed by atoms with Gasteiger partial charge in [0.1, 0.15) is 5.75 Å². The molecule has 0 aliphatic heterocycles. The Morgan fingerprint density at radius 1 is 1.33 bits per heavy atom. The minimum atomic E-state index is -0.804. The van der Waals surface area contributed by atoms with E-state index >= 15 is 0 Å². The van der Waals surface area contributed by atoms with Crippen LogP contribution in [0.3, 0.4) is 0 Å². The smallest absolute Gasteiger partial charge is 0.317 e. The number of amides is 1. The largest absolute Gasteiger partial charge is 0.496 e. The van der Waals surface area contributed by atoms with Crippen LogP contribution in [0, 0.1) is 0 Å². The van der Waals surface area contributed by atoms with Crippen molar-refractivity contribution in [1.29, 1.82) is 0 Å². The minimum Gasteiger partial charge on any atom is -0.496 e. The van der Waals surface area contributed by atoms with Crippen molar-refractivity contribution >= 4 is 11.9 Å². The molecule has 24 heavy (non-hydrogen) atoms. The molecule has 1 saturated carbocycles. The molecule has 1 fully saturated rings. The summed E-state index contributed by atoms with van der Waals surface area (Å²) in [5.74, 6) is 0.0352. The van der Waals surface area contributed by atoms with Crippen molar-refractivity contribution in [3.8, 4) is 5.75 Å². The maximum Gasteiger partial charge on any atom is 0.317 e. The van der Waals surface area contributed by atoms with Crippen LogP contribution in [0.2, 0.25) is 0 Å². The fraction of sp³-hybridized carbons (Fsp3) is 0.556. The summed E-state index contributed by atoms with van der Waals surface area (Å²) in [4.78, 5) is 24.9. The van der Waals surface area contributed by atoms with E-state index in [2.05, 4.69) is 5.32 Å². The van der Waals surface area contributed by atoms with Crippen LogP contribution in [0.4, 0.5) is 0 Å². The van der Waals surface area contributed by atoms with Gasteiger partial charge in [-0.25, -0.2) is 0 Å². The maximum atomic E-state index is 12.1. The van der Waals surface area contributed by atoms with Crippen LogP contribution in [0.25, 0.3) is 0 Å². The van der Waals surface area contributed by atoms with Gasteiger partial charge in [-0.05, 0) is 37.4 Å². The van der Waals surface area contributed by atoms with Gasteiger partial charge in [0.25, 0.3) is 0 Å². The highest BCUT2D eigenvalue weighted by Gasteiger charge is 2.34. The number of nitrogens with one attached hydrogen (secondary N) is 1. The van der Waals surface area contributed by atoms with Crippen LogP contribution < -0.4 is 10.1 Å². The summed E-state index contributed by atoms with van der Waals surface area (Å²) >= 11 is 0. The number of likely N-dealkylation sites (N-methyl/N-ethyl adjacent to an activating group) is 1. The molecule has 6 nitrogen and oxygen atoms in total. The zero-order valence-corrected chi connectivity index (χ0v) is 14.3. The number of hydrogen-bond donors (Lipinski definition) is 2. The monoisotopic (exact) mass is 334 g/mol. The molecule has 6 heteroatoms. The highest BCUT2D eigenvalue weighted by atomic mass is 16.5. The fourth-order valence-electron chi connectivity index (χ4n) is 3.13. The van der Waals surface area contributed by atoms with E-state index < -0.39 is 5.97 Å². The van der Waals surface area contributed by atoms with E-state index in [0.717, 1.165) is 24.2 Å². The second kappa shape index (κ2) is 8.68. The van der Waals surface area contributed by atoms with Crippen molar-refractivity contribution in [2.75, 3.05) is 20.2 Å². The van der Waals surface area contributed by atoms with Gasteiger partial charge in [0.05, 0.1) is 13.7 Å². The number of aliphatic carboxylic acids is 1. The van der Waals surface area contributed by atoms with E-state index in [1.165, 1.54) is 0 Å². The van der Waals surface area contributed by atoms with E-state index in [1.54, 1.807) is 7.11 Å². The zero-order valence-electron chi connectivity index (χ0n) is 14.3. The molecule has 1 aromatic carbocycles. The standard InChI is InChI=1S/C18H26N2O4/c1-3-20(12-18(22)23)15-10-14(11-15)19-17(21)9-8-13-6-4-5-7-16(13)24-2/h4-7,14-15H,3,8-12H2,1-2H3,(H,19,21)(H,22,23). The summed E-state index contributed by atoms with van der Waals surface area (Å²) in [7, 11) is 1.63. The lowest BCUT2D eigenvalue weighted by atomic mass is 9.85. The Morgan fingerprint density at radius 3 is 2.67 bits per heavy atom. The number of rotatable bonds is 9. The predicted octanol–water partition coefficient (Wildman–Crippen LogP) is 1.68. The van der Waals surface area contributed by atoms with E-state index in [9.17, 15) is 9.59 Å². The SMILES string of the molecule is CCN(CC(=O)O)C1CC(NC(=O)CCc2ccccc2OC)C1. The van der Waals surface area contributed by atoms with Crippen molar-refractivity contribution in [2.24, 2.45) is 0 Å². The van der Waals surface area contributed by atoms with Crippen LogP contribution in [-0.2, 0) is 16.0 Å². The van der Waals surface area contributed by atoms with E-state index in [-0.39, 0.29) is 24.5 Å². The Morgan fingerprint density at radius 2 is 2.04 bits per heavy atom. The quantitative estimate of drug-likeness (QED) is 0.718. The van der Waals surface area contributed by atoms with E-state index in [4.69, 9.17) is 9.84 Å². The molecule has 0 heterocycles. The van der Waals surface area contributed by atoms with Gasteiger partial charge in [-0.2, -0.15) is 0 Å². The van der Waals surface area contributed by atoms with Gasteiger partial charge < -0.3 is 15.2 Å². The predicted molar refractivity (Wildman–Crippen MR) is 91.2 cm³/mol. The van der Waals surface area contributed by atoms with E-state index in [1.807, 2.05) is 36.1 Å². The number of carboxylic acid groups (broad SMARTS) is 1. The first-order valence-corrected chi connectivity index (χ1v) is 8.40. The molecule has 0 radical (unpaired) electrons. The topological polar surface area (TPSA) is 78.9 Å². The van der Waals surface area contributed by atoms with Crippen LogP contribution in [0.5, 0.6) is 5.75 Å². The third-order valence-electron chi connectivity index (χ3n) is 4.55. The Kier molecular flexibility index (Phi) is 6.61. The average Bonchev–Trinajstić information content (AvgIpc) is 2.54. The number of methoxy groups -OCH3 is 1. The average molecular weight is 334 g/mol. The number of benzene rings is 1. The van der Waals surface area contributed by atoms with Gasteiger partial charge in [-0.1, -0.05) is 25.1 Å². The summed E-state index contributed by atoms with van der Waals surface area (Å²) in [6.45, 7) is 2.74. The summed E-state index contributed by atoms with van der Waals surface area (Å²) < 4.78 is 5.29. The van der Waals surface area contributed by atoms with Crippen LogP contribution in [0.1, 0.15) is 31.7 Å². The Bertz CT molecular complexity index is 570. The van der Waals surface area contributed by atoms with Gasteiger partial charge >= 0.3 is 5.97 Å². The molecule has 0 saturated heterocycles. The Labute approximate surface area is 142 Å². The number of carboxylic acids is 1. The molecule has 0 bridgehead atoms. The first-order chi connectivity index (χ1) is 11.5. The molecule has 1 aliphatic carbocycles. The molecule has 0 aromatic heterocycles. The number of para-hydroxylation sites is 1. The molecule has 1 amide bonds. The Hall–Kier alpha value is -2.08. The molecular weight excluding hydrogens is 308 g/mol. The number of nitrogens with zero attached hydrogens (tertiary/aromatic N) is 1. The fourth-order valence-corrected chi connectivity index (χ4v) is 3.13. The zero-order chi connectivity index (χ0) is 17.5. The summed E-state index contributed by atoms with van der Waals surface area (Å²) in [5.41, 5.74) is 1.03. The highest BCUT2D eigenvalue weighted by molar-refractivity contribution is 5.76. The third kappa shape index (κ3) is 4.96. The van der Waals surface area contributed by atoms with Crippen LogP contribution >= 0.6 is 0 Å². The van der Waals surface area contributed by atoms with Gasteiger partial charge in [-0.15, -0.1) is 0 Å². The normalized spacial score (nSPS) is 19.6. The molecular formula is C18H26N2O4. The minimum absolute atomic E-state index is 0.0330. The Balaban J connectivity index is 1.72. The molecule has 2 rings (SSSR count). The number of carbonyl (C=O) groups is 2. The molecule has 1 aliphatic rings. The lowest BCUT2D eigenvalue weighted by Crippen LogP contribution is -2.54. The van der Waals surface area contributed by atoms with Crippen LogP contribution in [0.15, 0.2) is 24.3 Å². The van der Waals surface area contributed by atoms with Crippen molar-refractivity contribution in [3.63, 3.8) is 0 Å². The molecule has 1 aromatic rings. The summed E-state index contributed by atoms with van der Waals surface area (Å²) in [6.07, 6.45) is 2.71.